The van der Waals surface area contributed by atoms with E-state index in [2.05, 4.69) is 10.3 Å². The molecule has 0 radical (unpaired) electrons. The second kappa shape index (κ2) is 11.5. The Balaban J connectivity index is 1.39. The third-order valence-corrected chi connectivity index (χ3v) is 7.04. The van der Waals surface area contributed by atoms with E-state index >= 15 is 8.78 Å². The Hall–Kier alpha value is -4.64. The zero-order valence-corrected chi connectivity index (χ0v) is 22.7. The van der Waals surface area contributed by atoms with E-state index in [4.69, 9.17) is 29.3 Å². The SMILES string of the molecule is COCCOc1cc(F)c(Cn2nc(-c3nc4c(c(Nc5ccncc5OC)n3)CCC4)c3ccccc32)c(F)c1. The molecular weight excluding hydrogens is 530 g/mol. The number of halogens is 2. The summed E-state index contributed by atoms with van der Waals surface area (Å²) in [6.45, 7) is 0.374. The van der Waals surface area contributed by atoms with Crippen LogP contribution < -0.4 is 14.8 Å². The van der Waals surface area contributed by atoms with Gasteiger partial charge in [0.25, 0.3) is 0 Å². The monoisotopic (exact) mass is 558 g/mol. The highest BCUT2D eigenvalue weighted by atomic mass is 19.1. The quantitative estimate of drug-likeness (QED) is 0.225. The molecule has 1 aliphatic rings. The zero-order chi connectivity index (χ0) is 28.3. The number of hydrogen-bond acceptors (Lipinski definition) is 8. The van der Waals surface area contributed by atoms with Gasteiger partial charge in [-0.2, -0.15) is 5.10 Å². The van der Waals surface area contributed by atoms with Gasteiger partial charge in [0.1, 0.15) is 35.5 Å². The van der Waals surface area contributed by atoms with Crippen LogP contribution in [0.3, 0.4) is 0 Å². The van der Waals surface area contributed by atoms with Crippen molar-refractivity contribution >= 4 is 22.4 Å². The molecule has 0 saturated heterocycles. The van der Waals surface area contributed by atoms with Gasteiger partial charge in [-0.05, 0) is 31.4 Å². The highest BCUT2D eigenvalue weighted by molar-refractivity contribution is 5.92. The molecule has 0 unspecified atom stereocenters. The number of rotatable bonds is 10. The zero-order valence-electron chi connectivity index (χ0n) is 22.7. The van der Waals surface area contributed by atoms with E-state index in [-0.39, 0.29) is 24.5 Å². The van der Waals surface area contributed by atoms with Crippen LogP contribution in [-0.2, 0) is 24.1 Å². The van der Waals surface area contributed by atoms with Crippen LogP contribution in [0.1, 0.15) is 23.2 Å². The maximum atomic E-state index is 15.1. The number of nitrogens with one attached hydrogen (secondary N) is 1. The van der Waals surface area contributed by atoms with Gasteiger partial charge < -0.3 is 19.5 Å². The lowest BCUT2D eigenvalue weighted by Crippen LogP contribution is -2.09. The van der Waals surface area contributed by atoms with Crippen molar-refractivity contribution in [2.75, 3.05) is 32.8 Å². The number of anilines is 2. The fraction of sp³-hybridized carbons (Fsp3) is 0.267. The first kappa shape index (κ1) is 26.6. The summed E-state index contributed by atoms with van der Waals surface area (Å²) in [7, 11) is 3.12. The summed E-state index contributed by atoms with van der Waals surface area (Å²) in [5.74, 6) is 0.360. The van der Waals surface area contributed by atoms with Gasteiger partial charge in [-0.15, -0.1) is 0 Å². The summed E-state index contributed by atoms with van der Waals surface area (Å²) in [6, 6.07) is 11.7. The molecule has 1 N–H and O–H groups in total. The van der Waals surface area contributed by atoms with Crippen molar-refractivity contribution in [3.05, 3.63) is 83.3 Å². The number of methoxy groups -OCH3 is 2. The Morgan fingerprint density at radius 3 is 2.63 bits per heavy atom. The number of aromatic nitrogens is 5. The number of fused-ring (bicyclic) bond motifs is 2. The molecule has 2 aromatic carbocycles. The molecule has 41 heavy (non-hydrogen) atoms. The maximum Gasteiger partial charge on any atom is 0.182 e. The number of aryl methyl sites for hydroxylation is 1. The summed E-state index contributed by atoms with van der Waals surface area (Å²) >= 11 is 0. The number of benzene rings is 2. The molecule has 5 aromatic rings. The van der Waals surface area contributed by atoms with Crippen molar-refractivity contribution in [2.45, 2.75) is 25.8 Å². The smallest absolute Gasteiger partial charge is 0.182 e. The van der Waals surface area contributed by atoms with Gasteiger partial charge in [-0.1, -0.05) is 18.2 Å². The molecule has 11 heteroatoms. The van der Waals surface area contributed by atoms with Gasteiger partial charge in [-0.3, -0.25) is 9.67 Å². The molecule has 3 heterocycles. The molecule has 0 atom stereocenters. The van der Waals surface area contributed by atoms with Gasteiger partial charge >= 0.3 is 0 Å². The Labute approximate surface area is 235 Å². The van der Waals surface area contributed by atoms with Crippen molar-refractivity contribution < 1.29 is 23.0 Å². The summed E-state index contributed by atoms with van der Waals surface area (Å²) < 4.78 is 47.5. The highest BCUT2D eigenvalue weighted by Gasteiger charge is 2.24. The van der Waals surface area contributed by atoms with Gasteiger partial charge in [0.15, 0.2) is 11.6 Å². The molecule has 210 valence electrons. The average molecular weight is 559 g/mol. The minimum absolute atomic E-state index is 0.101. The molecule has 0 saturated carbocycles. The fourth-order valence-electron chi connectivity index (χ4n) is 5.04. The van der Waals surface area contributed by atoms with Gasteiger partial charge in [0.2, 0.25) is 0 Å². The molecule has 3 aromatic heterocycles. The standard InChI is InChI=1S/C30H28F2N6O3/c1-39-12-13-41-18-14-22(31)21(23(32)15-18)17-38-26-9-4-3-6-20(26)28(37-38)30-34-24-8-5-7-19(24)29(36-30)35-25-10-11-33-16-27(25)40-2/h3-4,6,9-11,14-16H,5,7-8,12-13,17H2,1-2H3,(H,33,34,35,36). The van der Waals surface area contributed by atoms with E-state index in [1.54, 1.807) is 24.2 Å². The minimum Gasteiger partial charge on any atom is -0.493 e. The van der Waals surface area contributed by atoms with Gasteiger partial charge in [-0.25, -0.2) is 18.7 Å². The summed E-state index contributed by atoms with van der Waals surface area (Å²) in [4.78, 5) is 13.9. The molecule has 9 nitrogen and oxygen atoms in total. The lowest BCUT2D eigenvalue weighted by molar-refractivity contribution is 0.146. The van der Waals surface area contributed by atoms with Crippen LogP contribution in [-0.4, -0.2) is 52.2 Å². The largest absolute Gasteiger partial charge is 0.493 e. The molecular formula is C30H28F2N6O3. The predicted octanol–water partition coefficient (Wildman–Crippen LogP) is 5.48. The average Bonchev–Trinajstić information content (AvgIpc) is 3.60. The highest BCUT2D eigenvalue weighted by Crippen LogP contribution is 2.35. The second-order valence-electron chi connectivity index (χ2n) is 9.61. The fourth-order valence-corrected chi connectivity index (χ4v) is 5.04. The number of ether oxygens (including phenoxy) is 3. The Kier molecular flexibility index (Phi) is 7.43. The third-order valence-electron chi connectivity index (χ3n) is 7.04. The lowest BCUT2D eigenvalue weighted by Gasteiger charge is -2.14. The van der Waals surface area contributed by atoms with Crippen LogP contribution >= 0.6 is 0 Å². The Morgan fingerprint density at radius 2 is 1.83 bits per heavy atom. The third kappa shape index (κ3) is 5.28. The lowest BCUT2D eigenvalue weighted by atomic mass is 10.1. The number of para-hydroxylation sites is 1. The first-order valence-corrected chi connectivity index (χ1v) is 13.3. The van der Waals surface area contributed by atoms with E-state index < -0.39 is 11.6 Å². The van der Waals surface area contributed by atoms with E-state index in [1.165, 1.54) is 19.2 Å². The summed E-state index contributed by atoms with van der Waals surface area (Å²) in [5, 5.41) is 8.95. The van der Waals surface area contributed by atoms with Crippen LogP contribution in [0.15, 0.2) is 54.9 Å². The van der Waals surface area contributed by atoms with Crippen molar-refractivity contribution in [3.8, 4) is 23.0 Å². The van der Waals surface area contributed by atoms with Crippen LogP contribution in [0.25, 0.3) is 22.4 Å². The van der Waals surface area contributed by atoms with Crippen molar-refractivity contribution in [3.63, 3.8) is 0 Å². The van der Waals surface area contributed by atoms with Gasteiger partial charge in [0.05, 0.1) is 37.7 Å². The van der Waals surface area contributed by atoms with E-state index in [0.29, 0.717) is 35.2 Å². The predicted molar refractivity (Wildman–Crippen MR) is 150 cm³/mol. The van der Waals surface area contributed by atoms with Crippen molar-refractivity contribution in [1.29, 1.82) is 0 Å². The molecule has 0 spiro atoms. The molecule has 6 rings (SSSR count). The molecule has 0 bridgehead atoms. The van der Waals surface area contributed by atoms with Gasteiger partial charge in [0, 0.05) is 47.6 Å². The number of hydrogen-bond donors (Lipinski definition) is 1. The molecule has 1 aliphatic carbocycles. The second-order valence-corrected chi connectivity index (χ2v) is 9.61. The summed E-state index contributed by atoms with van der Waals surface area (Å²) in [5.41, 5.74) is 3.85. The van der Waals surface area contributed by atoms with Crippen molar-refractivity contribution in [2.24, 2.45) is 0 Å². The summed E-state index contributed by atoms with van der Waals surface area (Å²) in [6.07, 6.45) is 5.95. The van der Waals surface area contributed by atoms with Crippen LogP contribution in [0.5, 0.6) is 11.5 Å². The maximum absolute atomic E-state index is 15.1. The first-order valence-electron chi connectivity index (χ1n) is 13.3. The topological polar surface area (TPSA) is 96.2 Å². The van der Waals surface area contributed by atoms with E-state index in [0.717, 1.165) is 41.6 Å². The number of nitrogens with zero attached hydrogens (tertiary/aromatic N) is 5. The minimum atomic E-state index is -0.717. The van der Waals surface area contributed by atoms with Crippen LogP contribution in [0.4, 0.5) is 20.3 Å². The Morgan fingerprint density at radius 1 is 1.00 bits per heavy atom. The Bertz CT molecular complexity index is 1700. The molecule has 0 aliphatic heterocycles. The van der Waals surface area contributed by atoms with Crippen LogP contribution in [0, 0.1) is 11.6 Å². The molecule has 0 amide bonds. The normalized spacial score (nSPS) is 12.5. The molecule has 0 fully saturated rings. The van der Waals surface area contributed by atoms with Crippen LogP contribution in [0.2, 0.25) is 0 Å². The van der Waals surface area contributed by atoms with E-state index in [1.807, 2.05) is 30.3 Å². The van der Waals surface area contributed by atoms with Crippen molar-refractivity contribution in [1.82, 2.24) is 24.7 Å². The number of pyridine rings is 1. The van der Waals surface area contributed by atoms with E-state index in [9.17, 15) is 0 Å². The first-order chi connectivity index (χ1) is 20.1.